The summed E-state index contributed by atoms with van der Waals surface area (Å²) in [6.07, 6.45) is 1.88. The van der Waals surface area contributed by atoms with Crippen LogP contribution in [0.2, 0.25) is 0 Å². The number of alkyl carbamates (subject to hydrolysis) is 1. The summed E-state index contributed by atoms with van der Waals surface area (Å²) in [5.74, 6) is -1.29. The Hall–Kier alpha value is -3.35. The molecule has 4 rings (SSSR count). The van der Waals surface area contributed by atoms with Crippen LogP contribution in [0.1, 0.15) is 56.1 Å². The van der Waals surface area contributed by atoms with Crippen molar-refractivity contribution in [3.05, 3.63) is 59.7 Å². The Kier molecular flexibility index (Phi) is 6.96. The van der Waals surface area contributed by atoms with Crippen molar-refractivity contribution in [3.63, 3.8) is 0 Å². The third-order valence-electron chi connectivity index (χ3n) is 6.73. The molecule has 0 spiro atoms. The fraction of sp³-hybridized carbons (Fsp3) is 0.423. The van der Waals surface area contributed by atoms with Gasteiger partial charge in [0.15, 0.2) is 0 Å². The van der Waals surface area contributed by atoms with E-state index in [1.807, 2.05) is 31.2 Å². The molecule has 2 aromatic rings. The molecule has 1 fully saturated rings. The number of benzene rings is 2. The lowest BCUT2D eigenvalue weighted by molar-refractivity contribution is -0.137. The van der Waals surface area contributed by atoms with Crippen LogP contribution < -0.4 is 10.6 Å². The normalized spacial score (nSPS) is 19.9. The van der Waals surface area contributed by atoms with Gasteiger partial charge in [-0.3, -0.25) is 9.59 Å². The van der Waals surface area contributed by atoms with Gasteiger partial charge in [-0.15, -0.1) is 0 Å². The van der Waals surface area contributed by atoms with E-state index in [4.69, 9.17) is 9.84 Å². The highest BCUT2D eigenvalue weighted by Crippen LogP contribution is 2.44. The summed E-state index contributed by atoms with van der Waals surface area (Å²) in [6, 6.07) is 15.9. The maximum Gasteiger partial charge on any atom is 0.407 e. The Labute approximate surface area is 193 Å². The Balaban J connectivity index is 1.28. The molecule has 0 aromatic heterocycles. The van der Waals surface area contributed by atoms with Crippen molar-refractivity contribution in [2.75, 3.05) is 6.61 Å². The van der Waals surface area contributed by atoms with Gasteiger partial charge in [0.05, 0.1) is 6.42 Å². The van der Waals surface area contributed by atoms with E-state index >= 15 is 0 Å². The highest BCUT2D eigenvalue weighted by molar-refractivity contribution is 5.81. The number of carbonyl (C=O) groups is 3. The van der Waals surface area contributed by atoms with Crippen molar-refractivity contribution in [2.24, 2.45) is 5.92 Å². The maximum absolute atomic E-state index is 12.5. The maximum atomic E-state index is 12.5. The molecule has 2 amide bonds. The van der Waals surface area contributed by atoms with E-state index in [9.17, 15) is 14.4 Å². The number of aliphatic carboxylic acids is 1. The summed E-state index contributed by atoms with van der Waals surface area (Å²) in [4.78, 5) is 35.9. The lowest BCUT2D eigenvalue weighted by Gasteiger charge is -2.19. The average Bonchev–Trinajstić information content (AvgIpc) is 3.39. The number of hydrogen-bond acceptors (Lipinski definition) is 4. The van der Waals surface area contributed by atoms with Gasteiger partial charge in [0.25, 0.3) is 0 Å². The first kappa shape index (κ1) is 22.8. The van der Waals surface area contributed by atoms with E-state index in [0.717, 1.165) is 11.1 Å². The molecular formula is C26H30N2O5. The summed E-state index contributed by atoms with van der Waals surface area (Å²) in [5, 5.41) is 14.7. The minimum Gasteiger partial charge on any atom is -0.481 e. The van der Waals surface area contributed by atoms with Gasteiger partial charge < -0.3 is 20.5 Å². The molecule has 0 saturated heterocycles. The molecule has 3 atom stereocenters. The second-order valence-electron chi connectivity index (χ2n) is 8.89. The molecule has 0 heterocycles. The van der Waals surface area contributed by atoms with Gasteiger partial charge in [-0.25, -0.2) is 4.79 Å². The molecule has 3 N–H and O–H groups in total. The van der Waals surface area contributed by atoms with E-state index in [2.05, 4.69) is 34.9 Å². The molecule has 0 bridgehead atoms. The van der Waals surface area contributed by atoms with Crippen LogP contribution in [0.15, 0.2) is 48.5 Å². The van der Waals surface area contributed by atoms with Gasteiger partial charge in [-0.05, 0) is 47.9 Å². The smallest absolute Gasteiger partial charge is 0.407 e. The molecule has 1 saturated carbocycles. The number of ether oxygens (including phenoxy) is 1. The highest BCUT2D eigenvalue weighted by atomic mass is 16.5. The molecule has 2 aromatic carbocycles. The Morgan fingerprint density at radius 2 is 1.67 bits per heavy atom. The molecular weight excluding hydrogens is 420 g/mol. The summed E-state index contributed by atoms with van der Waals surface area (Å²) in [5.41, 5.74) is 4.69. The zero-order chi connectivity index (χ0) is 23.4. The number of amides is 2. The molecule has 1 unspecified atom stereocenters. The third-order valence-corrected chi connectivity index (χ3v) is 6.73. The molecule has 33 heavy (non-hydrogen) atoms. The molecule has 7 nitrogen and oxygen atoms in total. The van der Waals surface area contributed by atoms with Crippen molar-refractivity contribution < 1.29 is 24.2 Å². The second-order valence-corrected chi connectivity index (χ2v) is 8.89. The predicted molar refractivity (Wildman–Crippen MR) is 124 cm³/mol. The third kappa shape index (κ3) is 5.18. The molecule has 174 valence electrons. The Bertz CT molecular complexity index is 991. The van der Waals surface area contributed by atoms with Crippen LogP contribution in [0.4, 0.5) is 4.79 Å². The number of fused-ring (bicyclic) bond motifs is 3. The number of nitrogens with one attached hydrogen (secondary N) is 2. The second kappa shape index (κ2) is 10.1. The van der Waals surface area contributed by atoms with Gasteiger partial charge in [0.1, 0.15) is 6.61 Å². The minimum atomic E-state index is -0.927. The number of hydrogen-bond donors (Lipinski definition) is 3. The van der Waals surface area contributed by atoms with Gasteiger partial charge in [-0.1, -0.05) is 55.5 Å². The largest absolute Gasteiger partial charge is 0.481 e. The van der Waals surface area contributed by atoms with E-state index in [1.165, 1.54) is 11.1 Å². The van der Waals surface area contributed by atoms with Gasteiger partial charge in [-0.2, -0.15) is 0 Å². The van der Waals surface area contributed by atoms with E-state index in [1.54, 1.807) is 0 Å². The Morgan fingerprint density at radius 1 is 1.03 bits per heavy atom. The number of carboxylic acid groups (broad SMARTS) is 1. The van der Waals surface area contributed by atoms with Crippen LogP contribution in [0.5, 0.6) is 0 Å². The van der Waals surface area contributed by atoms with Gasteiger partial charge >= 0.3 is 12.1 Å². The first-order chi connectivity index (χ1) is 16.0. The SMILES string of the molecule is CCC(CC(=O)O)NC(=O)[C@H]1CC[C@@H](NC(=O)OCC2c3ccccc3-c3ccccc32)C1. The summed E-state index contributed by atoms with van der Waals surface area (Å²) in [7, 11) is 0. The van der Waals surface area contributed by atoms with Crippen molar-refractivity contribution in [1.82, 2.24) is 10.6 Å². The summed E-state index contributed by atoms with van der Waals surface area (Å²) in [6.45, 7) is 2.11. The number of carboxylic acids is 1. The van der Waals surface area contributed by atoms with Crippen LogP contribution >= 0.6 is 0 Å². The fourth-order valence-electron chi connectivity index (χ4n) is 4.98. The molecule has 0 aliphatic heterocycles. The average molecular weight is 451 g/mol. The van der Waals surface area contributed by atoms with E-state index in [0.29, 0.717) is 25.7 Å². The fourth-order valence-corrected chi connectivity index (χ4v) is 4.98. The van der Waals surface area contributed by atoms with Crippen molar-refractivity contribution >= 4 is 18.0 Å². The van der Waals surface area contributed by atoms with Crippen LogP contribution in [-0.4, -0.2) is 41.8 Å². The predicted octanol–water partition coefficient (Wildman–Crippen LogP) is 4.06. The van der Waals surface area contributed by atoms with Crippen molar-refractivity contribution in [2.45, 2.75) is 57.0 Å². The highest BCUT2D eigenvalue weighted by Gasteiger charge is 2.33. The quantitative estimate of drug-likeness (QED) is 0.563. The van der Waals surface area contributed by atoms with Gasteiger partial charge in [0, 0.05) is 23.9 Å². The molecule has 2 aliphatic rings. The van der Waals surface area contributed by atoms with Crippen molar-refractivity contribution in [1.29, 1.82) is 0 Å². The summed E-state index contributed by atoms with van der Waals surface area (Å²) >= 11 is 0. The van der Waals surface area contributed by atoms with Gasteiger partial charge in [0.2, 0.25) is 5.91 Å². The molecule has 7 heteroatoms. The lowest BCUT2D eigenvalue weighted by atomic mass is 9.98. The summed E-state index contributed by atoms with van der Waals surface area (Å²) < 4.78 is 5.61. The monoisotopic (exact) mass is 450 g/mol. The standard InChI is InChI=1S/C26H30N2O5/c1-2-17(14-24(29)30)27-25(31)16-11-12-18(13-16)28-26(32)33-15-23-21-9-5-3-7-19(21)20-8-4-6-10-22(20)23/h3-10,16-18,23H,2,11-15H2,1H3,(H,27,31)(H,28,32)(H,29,30)/t16-,17?,18+/m0/s1. The van der Waals surface area contributed by atoms with Crippen molar-refractivity contribution in [3.8, 4) is 11.1 Å². The van der Waals surface area contributed by atoms with Crippen LogP contribution in [0.25, 0.3) is 11.1 Å². The van der Waals surface area contributed by atoms with Crippen LogP contribution in [0, 0.1) is 5.92 Å². The zero-order valence-electron chi connectivity index (χ0n) is 18.8. The first-order valence-electron chi connectivity index (χ1n) is 11.6. The molecule has 2 aliphatic carbocycles. The first-order valence-corrected chi connectivity index (χ1v) is 11.6. The van der Waals surface area contributed by atoms with E-state index < -0.39 is 12.1 Å². The van der Waals surface area contributed by atoms with Crippen LogP contribution in [0.3, 0.4) is 0 Å². The van der Waals surface area contributed by atoms with E-state index in [-0.39, 0.29) is 42.9 Å². The molecule has 0 radical (unpaired) electrons. The zero-order valence-corrected chi connectivity index (χ0v) is 18.8. The number of carbonyl (C=O) groups excluding carboxylic acids is 2. The number of rotatable bonds is 8. The minimum absolute atomic E-state index is 0.00506. The van der Waals surface area contributed by atoms with Crippen LogP contribution in [-0.2, 0) is 14.3 Å². The lowest BCUT2D eigenvalue weighted by Crippen LogP contribution is -2.40. The topological polar surface area (TPSA) is 105 Å². The Morgan fingerprint density at radius 3 is 2.27 bits per heavy atom.